The number of aromatic nitrogens is 1. The van der Waals surface area contributed by atoms with Gasteiger partial charge < -0.3 is 5.11 Å². The summed E-state index contributed by atoms with van der Waals surface area (Å²) in [5.41, 5.74) is 0.668. The van der Waals surface area contributed by atoms with Crippen LogP contribution in [0.5, 0.6) is 0 Å². The average Bonchev–Trinajstić information content (AvgIpc) is 2.47. The summed E-state index contributed by atoms with van der Waals surface area (Å²) in [6.45, 7) is 4.27. The van der Waals surface area contributed by atoms with Gasteiger partial charge in [-0.05, 0) is 5.25 Å². The van der Waals surface area contributed by atoms with Crippen molar-refractivity contribution in [3.05, 3.63) is 16.1 Å². The number of hydrogen-bond acceptors (Lipinski definition) is 4. The maximum absolute atomic E-state index is 10.4. The molecule has 78 valence electrons. The molecule has 1 aromatic rings. The third kappa shape index (κ3) is 4.11. The van der Waals surface area contributed by atoms with E-state index in [2.05, 4.69) is 18.8 Å². The monoisotopic (exact) mass is 231 g/mol. The molecule has 0 saturated heterocycles. The van der Waals surface area contributed by atoms with Gasteiger partial charge in [-0.2, -0.15) is 11.8 Å². The molecular weight excluding hydrogens is 218 g/mol. The van der Waals surface area contributed by atoms with E-state index in [9.17, 15) is 4.79 Å². The van der Waals surface area contributed by atoms with Crippen molar-refractivity contribution >= 4 is 29.1 Å². The van der Waals surface area contributed by atoms with E-state index in [0.29, 0.717) is 10.9 Å². The first-order valence-corrected chi connectivity index (χ1v) is 6.27. The number of nitrogens with zero attached hydrogens (tertiary/aromatic N) is 1. The first kappa shape index (κ1) is 11.5. The van der Waals surface area contributed by atoms with Gasteiger partial charge in [-0.3, -0.25) is 4.79 Å². The fraction of sp³-hybridized carbons (Fsp3) is 0.556. The third-order valence-corrected chi connectivity index (χ3v) is 3.66. The molecule has 0 amide bonds. The van der Waals surface area contributed by atoms with Crippen molar-refractivity contribution in [1.82, 2.24) is 4.98 Å². The second-order valence-corrected chi connectivity index (χ2v) is 5.67. The van der Waals surface area contributed by atoms with Crippen LogP contribution in [0.25, 0.3) is 0 Å². The van der Waals surface area contributed by atoms with Gasteiger partial charge in [0.05, 0.1) is 12.1 Å². The lowest BCUT2D eigenvalue weighted by molar-refractivity contribution is -0.136. The maximum atomic E-state index is 10.4. The highest BCUT2D eigenvalue weighted by atomic mass is 32.2. The summed E-state index contributed by atoms with van der Waals surface area (Å²) in [6.07, 6.45) is 0.0306. The summed E-state index contributed by atoms with van der Waals surface area (Å²) in [5, 5.41) is 12.0. The summed E-state index contributed by atoms with van der Waals surface area (Å²) in [6, 6.07) is 0. The lowest BCUT2D eigenvalue weighted by Crippen LogP contribution is -2.00. The zero-order valence-corrected chi connectivity index (χ0v) is 9.82. The van der Waals surface area contributed by atoms with Crippen molar-refractivity contribution in [1.29, 1.82) is 0 Å². The van der Waals surface area contributed by atoms with Gasteiger partial charge in [0.25, 0.3) is 0 Å². The number of rotatable bonds is 5. The van der Waals surface area contributed by atoms with Crippen molar-refractivity contribution in [2.75, 3.05) is 0 Å². The van der Waals surface area contributed by atoms with Crippen LogP contribution < -0.4 is 0 Å². The fourth-order valence-corrected chi connectivity index (χ4v) is 2.48. The average molecular weight is 231 g/mol. The molecule has 0 aliphatic rings. The molecule has 0 aliphatic carbocycles. The van der Waals surface area contributed by atoms with Crippen LogP contribution in [0, 0.1) is 0 Å². The lowest BCUT2D eigenvalue weighted by atomic mass is 10.3. The molecule has 0 aliphatic heterocycles. The maximum Gasteiger partial charge on any atom is 0.309 e. The molecule has 0 spiro atoms. The van der Waals surface area contributed by atoms with Crippen LogP contribution in [0.15, 0.2) is 5.38 Å². The molecule has 0 radical (unpaired) electrons. The molecule has 0 fully saturated rings. The highest BCUT2D eigenvalue weighted by Gasteiger charge is 2.06. The molecule has 0 unspecified atom stereocenters. The molecule has 1 rings (SSSR count). The van der Waals surface area contributed by atoms with E-state index in [1.807, 2.05) is 17.1 Å². The zero-order chi connectivity index (χ0) is 10.6. The summed E-state index contributed by atoms with van der Waals surface area (Å²) >= 11 is 3.36. The van der Waals surface area contributed by atoms with Gasteiger partial charge in [0, 0.05) is 11.1 Å². The largest absolute Gasteiger partial charge is 0.481 e. The molecule has 1 N–H and O–H groups in total. The van der Waals surface area contributed by atoms with Crippen LogP contribution in [0.2, 0.25) is 0 Å². The Morgan fingerprint density at radius 2 is 2.43 bits per heavy atom. The van der Waals surface area contributed by atoms with Gasteiger partial charge in [-0.25, -0.2) is 4.98 Å². The van der Waals surface area contributed by atoms with E-state index in [1.165, 1.54) is 11.3 Å². The molecule has 0 bridgehead atoms. The summed E-state index contributed by atoms with van der Waals surface area (Å²) in [5.74, 6) is 0.0560. The van der Waals surface area contributed by atoms with E-state index in [1.54, 1.807) is 0 Å². The highest BCUT2D eigenvalue weighted by molar-refractivity contribution is 7.99. The van der Waals surface area contributed by atoms with Gasteiger partial charge in [0.1, 0.15) is 5.01 Å². The van der Waals surface area contributed by atoms with Crippen molar-refractivity contribution in [3.63, 3.8) is 0 Å². The van der Waals surface area contributed by atoms with Crippen molar-refractivity contribution in [2.24, 2.45) is 0 Å². The Hall–Kier alpha value is -0.550. The van der Waals surface area contributed by atoms with Gasteiger partial charge in [-0.1, -0.05) is 13.8 Å². The predicted molar refractivity (Wildman–Crippen MR) is 59.9 cm³/mol. The number of thioether (sulfide) groups is 1. The number of hydrogen-bond donors (Lipinski definition) is 1. The smallest absolute Gasteiger partial charge is 0.309 e. The number of aliphatic carboxylic acids is 1. The Morgan fingerprint density at radius 3 is 3.00 bits per heavy atom. The predicted octanol–water partition coefficient (Wildman–Crippen LogP) is 2.41. The number of carboxylic acid groups (broad SMARTS) is 1. The minimum Gasteiger partial charge on any atom is -0.481 e. The summed E-state index contributed by atoms with van der Waals surface area (Å²) < 4.78 is 0. The Bertz CT molecular complexity index is 310. The van der Waals surface area contributed by atoms with Gasteiger partial charge in [-0.15, -0.1) is 11.3 Å². The Balaban J connectivity index is 2.46. The summed E-state index contributed by atoms with van der Waals surface area (Å²) in [4.78, 5) is 14.6. The molecule has 5 heteroatoms. The molecule has 14 heavy (non-hydrogen) atoms. The van der Waals surface area contributed by atoms with E-state index in [-0.39, 0.29) is 6.42 Å². The molecule has 1 aromatic heterocycles. The van der Waals surface area contributed by atoms with E-state index in [4.69, 9.17) is 5.11 Å². The number of carbonyl (C=O) groups is 1. The van der Waals surface area contributed by atoms with Crippen LogP contribution in [0.1, 0.15) is 24.5 Å². The fourth-order valence-electron chi connectivity index (χ4n) is 0.889. The molecule has 3 nitrogen and oxygen atoms in total. The first-order valence-electron chi connectivity index (χ1n) is 4.34. The minimum absolute atomic E-state index is 0.0306. The van der Waals surface area contributed by atoms with Crippen molar-refractivity contribution in [3.8, 4) is 0 Å². The molecule has 0 aromatic carbocycles. The molecule has 0 saturated carbocycles. The first-order chi connectivity index (χ1) is 6.58. The zero-order valence-electron chi connectivity index (χ0n) is 8.19. The second kappa shape index (κ2) is 5.36. The molecular formula is C9H13NO2S2. The van der Waals surface area contributed by atoms with Crippen molar-refractivity contribution < 1.29 is 9.90 Å². The van der Waals surface area contributed by atoms with Crippen molar-refractivity contribution in [2.45, 2.75) is 31.3 Å². The highest BCUT2D eigenvalue weighted by Crippen LogP contribution is 2.20. The minimum atomic E-state index is -0.821. The quantitative estimate of drug-likeness (QED) is 0.845. The SMILES string of the molecule is CC(C)SCc1nc(CC(=O)O)cs1. The van der Waals surface area contributed by atoms with Gasteiger partial charge in [0.15, 0.2) is 0 Å². The Labute approximate surface area is 91.6 Å². The van der Waals surface area contributed by atoms with Gasteiger partial charge in [0.2, 0.25) is 0 Å². The Morgan fingerprint density at radius 1 is 1.71 bits per heavy atom. The summed E-state index contributed by atoms with van der Waals surface area (Å²) in [7, 11) is 0. The van der Waals surface area contributed by atoms with E-state index in [0.717, 1.165) is 10.8 Å². The van der Waals surface area contributed by atoms with E-state index < -0.39 is 5.97 Å². The third-order valence-electron chi connectivity index (χ3n) is 1.47. The lowest BCUT2D eigenvalue weighted by Gasteiger charge is -2.00. The topological polar surface area (TPSA) is 50.2 Å². The normalized spacial score (nSPS) is 10.8. The van der Waals surface area contributed by atoms with Gasteiger partial charge >= 0.3 is 5.97 Å². The van der Waals surface area contributed by atoms with Crippen LogP contribution in [0.4, 0.5) is 0 Å². The molecule has 0 atom stereocenters. The van der Waals surface area contributed by atoms with Crippen LogP contribution in [-0.2, 0) is 17.0 Å². The van der Waals surface area contributed by atoms with Crippen LogP contribution in [0.3, 0.4) is 0 Å². The van der Waals surface area contributed by atoms with Crippen LogP contribution in [-0.4, -0.2) is 21.3 Å². The van der Waals surface area contributed by atoms with Crippen LogP contribution >= 0.6 is 23.1 Å². The second-order valence-electron chi connectivity index (χ2n) is 3.16. The Kier molecular flexibility index (Phi) is 4.41. The number of carboxylic acids is 1. The number of thiazole rings is 1. The standard InChI is InChI=1S/C9H13NO2S2/c1-6(2)13-5-8-10-7(4-14-8)3-9(11)12/h4,6H,3,5H2,1-2H3,(H,11,12). The van der Waals surface area contributed by atoms with E-state index >= 15 is 0 Å². The molecule has 1 heterocycles.